The summed E-state index contributed by atoms with van der Waals surface area (Å²) in [5.41, 5.74) is 7.40. The van der Waals surface area contributed by atoms with E-state index < -0.39 is 0 Å². The Bertz CT molecular complexity index is 505. The molecule has 0 aromatic carbocycles. The second kappa shape index (κ2) is 5.61. The van der Waals surface area contributed by atoms with Crippen LogP contribution in [-0.2, 0) is 13.2 Å². The van der Waals surface area contributed by atoms with Gasteiger partial charge in [-0.25, -0.2) is 0 Å². The molecule has 0 aliphatic rings. The molecule has 2 rings (SSSR count). The summed E-state index contributed by atoms with van der Waals surface area (Å²) in [6, 6.07) is 5.51. The molecule has 0 aliphatic carbocycles. The lowest BCUT2D eigenvalue weighted by Crippen LogP contribution is -2.06. The largest absolute Gasteiger partial charge is 0.487 e. The third-order valence-electron chi connectivity index (χ3n) is 2.25. The van der Waals surface area contributed by atoms with E-state index in [1.165, 1.54) is 0 Å². The van der Waals surface area contributed by atoms with E-state index in [2.05, 4.69) is 9.97 Å². The van der Waals surface area contributed by atoms with Gasteiger partial charge in [-0.15, -0.1) is 0 Å². The number of nitrogens with zero attached hydrogens (tertiary/aromatic N) is 2. The highest BCUT2D eigenvalue weighted by Crippen LogP contribution is 2.17. The van der Waals surface area contributed by atoms with Crippen LogP contribution in [0.3, 0.4) is 0 Å². The van der Waals surface area contributed by atoms with Crippen LogP contribution in [0.4, 0.5) is 0 Å². The molecular formula is C12H12ClN3O. The van der Waals surface area contributed by atoms with Crippen molar-refractivity contribution in [2.75, 3.05) is 0 Å². The van der Waals surface area contributed by atoms with E-state index >= 15 is 0 Å². The van der Waals surface area contributed by atoms with Crippen molar-refractivity contribution >= 4 is 11.6 Å². The minimum absolute atomic E-state index is 0.396. The minimum atomic E-state index is 0.396. The normalized spacial score (nSPS) is 10.2. The first-order chi connectivity index (χ1) is 8.29. The Labute approximate surface area is 104 Å². The summed E-state index contributed by atoms with van der Waals surface area (Å²) >= 11 is 5.81. The molecule has 2 N–H and O–H groups in total. The number of hydrogen-bond acceptors (Lipinski definition) is 4. The van der Waals surface area contributed by atoms with Gasteiger partial charge in [0, 0.05) is 30.6 Å². The second-order valence-corrected chi connectivity index (χ2v) is 3.88. The van der Waals surface area contributed by atoms with Gasteiger partial charge >= 0.3 is 0 Å². The predicted molar refractivity (Wildman–Crippen MR) is 65.7 cm³/mol. The van der Waals surface area contributed by atoms with Gasteiger partial charge in [-0.1, -0.05) is 17.7 Å². The number of nitrogens with two attached hydrogens (primary N) is 1. The van der Waals surface area contributed by atoms with E-state index in [-0.39, 0.29) is 0 Å². The average molecular weight is 250 g/mol. The quantitative estimate of drug-likeness (QED) is 0.902. The molecule has 0 atom stereocenters. The topological polar surface area (TPSA) is 61.0 Å². The van der Waals surface area contributed by atoms with Gasteiger partial charge in [-0.3, -0.25) is 9.97 Å². The first kappa shape index (κ1) is 11.8. The van der Waals surface area contributed by atoms with Crippen molar-refractivity contribution in [1.29, 1.82) is 0 Å². The fraction of sp³-hybridized carbons (Fsp3) is 0.167. The van der Waals surface area contributed by atoms with Crippen molar-refractivity contribution in [2.24, 2.45) is 5.73 Å². The minimum Gasteiger partial charge on any atom is -0.487 e. The molecule has 0 bridgehead atoms. The molecule has 2 aromatic heterocycles. The second-order valence-electron chi connectivity index (χ2n) is 3.44. The van der Waals surface area contributed by atoms with E-state index in [9.17, 15) is 0 Å². The number of hydrogen-bond donors (Lipinski definition) is 1. The van der Waals surface area contributed by atoms with Crippen LogP contribution in [-0.4, -0.2) is 9.97 Å². The van der Waals surface area contributed by atoms with Gasteiger partial charge in [0.05, 0.1) is 16.9 Å². The molecule has 0 saturated carbocycles. The number of aromatic nitrogens is 2. The molecule has 2 aromatic rings. The lowest BCUT2D eigenvalue weighted by molar-refractivity contribution is 0.303. The fourth-order valence-electron chi connectivity index (χ4n) is 1.42. The Hall–Kier alpha value is -1.65. The summed E-state index contributed by atoms with van der Waals surface area (Å²) in [5.74, 6) is 0.629. The molecule has 0 spiro atoms. The number of pyridine rings is 2. The van der Waals surface area contributed by atoms with Crippen LogP contribution in [0.25, 0.3) is 0 Å². The summed E-state index contributed by atoms with van der Waals surface area (Å²) in [4.78, 5) is 8.12. The maximum atomic E-state index is 5.81. The zero-order valence-corrected chi connectivity index (χ0v) is 9.89. The van der Waals surface area contributed by atoms with Crippen LogP contribution < -0.4 is 10.5 Å². The van der Waals surface area contributed by atoms with Gasteiger partial charge in [0.1, 0.15) is 12.4 Å². The van der Waals surface area contributed by atoms with E-state index in [1.54, 1.807) is 24.7 Å². The monoisotopic (exact) mass is 249 g/mol. The highest BCUT2D eigenvalue weighted by Gasteiger charge is 2.03. The van der Waals surface area contributed by atoms with Crippen molar-refractivity contribution < 1.29 is 4.74 Å². The van der Waals surface area contributed by atoms with Crippen molar-refractivity contribution in [3.05, 3.63) is 53.1 Å². The Morgan fingerprint density at radius 1 is 1.35 bits per heavy atom. The summed E-state index contributed by atoms with van der Waals surface area (Å²) in [6.07, 6.45) is 4.89. The molecule has 88 valence electrons. The molecule has 4 nitrogen and oxygen atoms in total. The maximum absolute atomic E-state index is 5.81. The Morgan fingerprint density at radius 2 is 2.24 bits per heavy atom. The molecule has 0 radical (unpaired) electrons. The van der Waals surface area contributed by atoms with E-state index in [4.69, 9.17) is 22.1 Å². The third kappa shape index (κ3) is 3.15. The van der Waals surface area contributed by atoms with Gasteiger partial charge in [0.15, 0.2) is 0 Å². The van der Waals surface area contributed by atoms with Crippen molar-refractivity contribution in [3.63, 3.8) is 0 Å². The SMILES string of the molecule is NCc1ncccc1COc1cncc(Cl)c1. The number of ether oxygens (including phenoxy) is 1. The third-order valence-corrected chi connectivity index (χ3v) is 2.46. The molecule has 17 heavy (non-hydrogen) atoms. The van der Waals surface area contributed by atoms with Crippen molar-refractivity contribution in [2.45, 2.75) is 13.2 Å². The summed E-state index contributed by atoms with van der Waals surface area (Å²) in [6.45, 7) is 0.801. The summed E-state index contributed by atoms with van der Waals surface area (Å²) in [7, 11) is 0. The zero-order valence-electron chi connectivity index (χ0n) is 9.14. The van der Waals surface area contributed by atoms with Gasteiger partial charge in [0.25, 0.3) is 0 Å². The van der Waals surface area contributed by atoms with Crippen LogP contribution in [0, 0.1) is 0 Å². The summed E-state index contributed by atoms with van der Waals surface area (Å²) in [5, 5.41) is 0.549. The molecular weight excluding hydrogens is 238 g/mol. The predicted octanol–water partition coefficient (Wildman–Crippen LogP) is 2.17. The Morgan fingerprint density at radius 3 is 3.00 bits per heavy atom. The van der Waals surface area contributed by atoms with Crippen LogP contribution in [0.5, 0.6) is 5.75 Å². The number of halogens is 1. The van der Waals surface area contributed by atoms with Crippen LogP contribution in [0.2, 0.25) is 5.02 Å². The standard InChI is InChI=1S/C12H12ClN3O/c13-10-4-11(7-15-6-10)17-8-9-2-1-3-16-12(9)5-14/h1-4,6-7H,5,8,14H2. The van der Waals surface area contributed by atoms with E-state index in [1.807, 2.05) is 12.1 Å². The van der Waals surface area contributed by atoms with Crippen molar-refractivity contribution in [3.8, 4) is 5.75 Å². The fourth-order valence-corrected chi connectivity index (χ4v) is 1.58. The molecule has 0 unspecified atom stereocenters. The van der Waals surface area contributed by atoms with Crippen LogP contribution in [0.15, 0.2) is 36.8 Å². The highest BCUT2D eigenvalue weighted by molar-refractivity contribution is 6.30. The molecule has 0 aliphatic heterocycles. The lowest BCUT2D eigenvalue weighted by Gasteiger charge is -2.08. The van der Waals surface area contributed by atoms with Gasteiger partial charge in [-0.2, -0.15) is 0 Å². The van der Waals surface area contributed by atoms with E-state index in [0.717, 1.165) is 11.3 Å². The van der Waals surface area contributed by atoms with Crippen LogP contribution >= 0.6 is 11.6 Å². The van der Waals surface area contributed by atoms with Gasteiger partial charge < -0.3 is 10.5 Å². The molecule has 0 fully saturated rings. The van der Waals surface area contributed by atoms with Crippen LogP contribution in [0.1, 0.15) is 11.3 Å². The highest BCUT2D eigenvalue weighted by atomic mass is 35.5. The Balaban J connectivity index is 2.07. The summed E-state index contributed by atoms with van der Waals surface area (Å²) < 4.78 is 5.57. The van der Waals surface area contributed by atoms with Crippen molar-refractivity contribution in [1.82, 2.24) is 9.97 Å². The number of rotatable bonds is 4. The Kier molecular flexibility index (Phi) is 3.90. The molecule has 0 amide bonds. The molecule has 0 saturated heterocycles. The first-order valence-electron chi connectivity index (χ1n) is 5.16. The lowest BCUT2D eigenvalue weighted by atomic mass is 10.2. The van der Waals surface area contributed by atoms with Gasteiger partial charge in [0.2, 0.25) is 0 Å². The van der Waals surface area contributed by atoms with Gasteiger partial charge in [-0.05, 0) is 6.07 Å². The average Bonchev–Trinajstić information content (AvgIpc) is 2.37. The van der Waals surface area contributed by atoms with E-state index in [0.29, 0.717) is 23.9 Å². The smallest absolute Gasteiger partial charge is 0.139 e. The molecule has 5 heteroatoms. The molecule has 2 heterocycles. The maximum Gasteiger partial charge on any atom is 0.139 e. The zero-order chi connectivity index (χ0) is 12.1. The first-order valence-corrected chi connectivity index (χ1v) is 5.53.